The summed E-state index contributed by atoms with van der Waals surface area (Å²) < 4.78 is 12.4. The lowest BCUT2D eigenvalue weighted by Crippen LogP contribution is -2.67. The Morgan fingerprint density at radius 2 is 1.51 bits per heavy atom. The topological polar surface area (TPSA) is 147 Å². The highest BCUT2D eigenvalue weighted by Crippen LogP contribution is 2.77. The number of aliphatic hydroxyl groups is 3. The van der Waals surface area contributed by atoms with E-state index in [0.717, 1.165) is 44.6 Å². The summed E-state index contributed by atoms with van der Waals surface area (Å²) in [4.78, 5) is 54.1. The van der Waals surface area contributed by atoms with Crippen molar-refractivity contribution < 1.29 is 44.0 Å². The van der Waals surface area contributed by atoms with Gasteiger partial charge >= 0.3 is 11.9 Å². The fourth-order valence-corrected chi connectivity index (χ4v) is 8.49. The molecule has 4 aliphatic rings. The van der Waals surface area contributed by atoms with E-state index in [2.05, 4.69) is 6.92 Å². The summed E-state index contributed by atoms with van der Waals surface area (Å²) in [5.74, 6) is -6.53. The molecule has 4 rings (SSSR count). The minimum Gasteiger partial charge on any atom is -0.458 e. The minimum atomic E-state index is -2.26. The largest absolute Gasteiger partial charge is 0.458 e. The van der Waals surface area contributed by atoms with Gasteiger partial charge < -0.3 is 24.8 Å². The van der Waals surface area contributed by atoms with Gasteiger partial charge in [-0.3, -0.25) is 19.2 Å². The average Bonchev–Trinajstić information content (AvgIpc) is 3.35. The molecule has 2 saturated carbocycles. The average molecular weight is 603 g/mol. The van der Waals surface area contributed by atoms with Gasteiger partial charge in [0, 0.05) is 41.6 Å². The first-order valence-electron chi connectivity index (χ1n) is 16.2. The van der Waals surface area contributed by atoms with E-state index < -0.39 is 82.1 Å². The van der Waals surface area contributed by atoms with Gasteiger partial charge in [-0.2, -0.15) is 0 Å². The summed E-state index contributed by atoms with van der Waals surface area (Å²) in [6, 6.07) is 0. The smallest absolute Gasteiger partial charge is 0.306 e. The van der Waals surface area contributed by atoms with Gasteiger partial charge in [0.15, 0.2) is 22.8 Å². The van der Waals surface area contributed by atoms with Crippen LogP contribution in [0.2, 0.25) is 0 Å². The summed E-state index contributed by atoms with van der Waals surface area (Å²) in [7, 11) is 0. The first-order valence-corrected chi connectivity index (χ1v) is 16.2. The molecule has 0 aromatic heterocycles. The second-order valence-electron chi connectivity index (χ2n) is 13.8. The number of ketones is 2. The van der Waals surface area contributed by atoms with Crippen LogP contribution in [0.4, 0.5) is 0 Å². The van der Waals surface area contributed by atoms with Gasteiger partial charge in [0.25, 0.3) is 0 Å². The molecule has 0 aromatic rings. The standard InChI is InChI=1S/C34H50O9/c1-7-9-11-12-14-16-25(37)43-34-28(31(34,5)6)26-27(38)22(19-35)18-32(40)23(17-20(3)29(32)39)33(26,41)21(4)30(34)42-24(36)15-13-10-8-2/h17-18,21,23,26,28,30,35,40-41H,7-16,19H2,1-6H3/t21-,23?,26?,28?,30-,32-,33+,34-/m1/s1. The third-order valence-corrected chi connectivity index (χ3v) is 10.9. The molecule has 43 heavy (non-hydrogen) atoms. The van der Waals surface area contributed by atoms with Gasteiger partial charge in [0.1, 0.15) is 6.10 Å². The Kier molecular flexibility index (Phi) is 9.52. The molecular formula is C34H50O9. The summed E-state index contributed by atoms with van der Waals surface area (Å²) in [6.07, 6.45) is 8.78. The molecule has 4 aliphatic carbocycles. The number of aliphatic hydroxyl groups excluding tert-OH is 1. The molecule has 0 aliphatic heterocycles. The molecule has 0 heterocycles. The van der Waals surface area contributed by atoms with E-state index in [-0.39, 0.29) is 24.0 Å². The van der Waals surface area contributed by atoms with Crippen molar-refractivity contribution in [2.75, 3.05) is 6.61 Å². The Hall–Kier alpha value is -2.36. The highest BCUT2D eigenvalue weighted by atomic mass is 16.6. The predicted octanol–water partition coefficient (Wildman–Crippen LogP) is 4.15. The molecule has 3 unspecified atom stereocenters. The lowest BCUT2D eigenvalue weighted by molar-refractivity contribution is -0.229. The van der Waals surface area contributed by atoms with Crippen LogP contribution in [0.5, 0.6) is 0 Å². The molecule has 9 nitrogen and oxygen atoms in total. The van der Waals surface area contributed by atoms with Crippen LogP contribution in [0.25, 0.3) is 0 Å². The molecule has 0 radical (unpaired) electrons. The lowest BCUT2D eigenvalue weighted by Gasteiger charge is -2.52. The number of hydrogen-bond donors (Lipinski definition) is 3. The van der Waals surface area contributed by atoms with Crippen LogP contribution in [0.3, 0.4) is 0 Å². The molecule has 0 aromatic carbocycles. The fourth-order valence-electron chi connectivity index (χ4n) is 8.49. The van der Waals surface area contributed by atoms with Gasteiger partial charge in [-0.05, 0) is 31.4 Å². The van der Waals surface area contributed by atoms with Crippen molar-refractivity contribution in [2.24, 2.45) is 29.1 Å². The number of fused-ring (bicyclic) bond motifs is 5. The highest BCUT2D eigenvalue weighted by molar-refractivity contribution is 6.09. The molecule has 240 valence electrons. The summed E-state index contributed by atoms with van der Waals surface area (Å²) in [5.41, 5.74) is -6.60. The molecule has 0 bridgehead atoms. The maximum Gasteiger partial charge on any atom is 0.306 e. The lowest BCUT2D eigenvalue weighted by atomic mass is 9.58. The summed E-state index contributed by atoms with van der Waals surface area (Å²) in [6.45, 7) is 10.2. The van der Waals surface area contributed by atoms with Crippen LogP contribution in [0.1, 0.15) is 106 Å². The van der Waals surface area contributed by atoms with Crippen molar-refractivity contribution >= 4 is 23.5 Å². The quantitative estimate of drug-likeness (QED) is 0.209. The highest BCUT2D eigenvalue weighted by Gasteiger charge is 2.89. The van der Waals surface area contributed by atoms with E-state index in [1.165, 1.54) is 13.0 Å². The molecule has 2 fully saturated rings. The van der Waals surface area contributed by atoms with Gasteiger partial charge in [-0.25, -0.2) is 0 Å². The van der Waals surface area contributed by atoms with Crippen LogP contribution in [0.15, 0.2) is 23.3 Å². The SMILES string of the molecule is CCCCCCCC(=O)O[C@]12C(C3C(=O)C(CO)=C[C@]4(O)C(=O)C(C)=CC4[C@@]3(O)[C@H](C)[C@H]1OC(=O)CCCCC)C2(C)C. The zero-order valence-electron chi connectivity index (χ0n) is 26.6. The Morgan fingerprint density at radius 1 is 0.930 bits per heavy atom. The van der Waals surface area contributed by atoms with Gasteiger partial charge in [0.2, 0.25) is 0 Å². The Labute approximate surface area is 255 Å². The zero-order chi connectivity index (χ0) is 32.0. The van der Waals surface area contributed by atoms with Crippen LogP contribution in [-0.4, -0.2) is 68.3 Å². The van der Waals surface area contributed by atoms with E-state index in [1.54, 1.807) is 6.92 Å². The number of unbranched alkanes of at least 4 members (excludes halogenated alkanes) is 6. The minimum absolute atomic E-state index is 0.144. The van der Waals surface area contributed by atoms with E-state index in [1.807, 2.05) is 20.8 Å². The van der Waals surface area contributed by atoms with Crippen LogP contribution in [-0.2, 0) is 28.7 Å². The maximum absolute atomic E-state index is 14.2. The number of hydrogen-bond acceptors (Lipinski definition) is 9. The Balaban J connectivity index is 1.80. The van der Waals surface area contributed by atoms with Crippen molar-refractivity contribution in [3.63, 3.8) is 0 Å². The number of Topliss-reactive ketones (excluding diaryl/α,β-unsaturated/α-hetero) is 2. The fraction of sp³-hybridized carbons (Fsp3) is 0.765. The van der Waals surface area contributed by atoms with Crippen LogP contribution >= 0.6 is 0 Å². The number of ether oxygens (including phenoxy) is 2. The number of rotatable bonds is 13. The first-order chi connectivity index (χ1) is 20.2. The molecule has 0 saturated heterocycles. The summed E-state index contributed by atoms with van der Waals surface area (Å²) in [5, 5.41) is 34.8. The number of esters is 2. The third-order valence-electron chi connectivity index (χ3n) is 10.9. The van der Waals surface area contributed by atoms with Crippen molar-refractivity contribution in [3.8, 4) is 0 Å². The first kappa shape index (κ1) is 33.5. The Bertz CT molecular complexity index is 1200. The second-order valence-corrected chi connectivity index (χ2v) is 13.8. The maximum atomic E-state index is 14.2. The van der Waals surface area contributed by atoms with E-state index >= 15 is 0 Å². The van der Waals surface area contributed by atoms with Gasteiger partial charge in [-0.15, -0.1) is 0 Å². The molecule has 3 N–H and O–H groups in total. The van der Waals surface area contributed by atoms with Crippen molar-refractivity contribution in [1.82, 2.24) is 0 Å². The van der Waals surface area contributed by atoms with Crippen molar-refractivity contribution in [1.29, 1.82) is 0 Å². The van der Waals surface area contributed by atoms with Gasteiger partial charge in [-0.1, -0.05) is 79.2 Å². The number of carbonyl (C=O) groups excluding carboxylic acids is 4. The van der Waals surface area contributed by atoms with Crippen molar-refractivity contribution in [3.05, 3.63) is 23.3 Å². The van der Waals surface area contributed by atoms with E-state index in [0.29, 0.717) is 12.8 Å². The molecule has 8 atom stereocenters. The van der Waals surface area contributed by atoms with E-state index in [9.17, 15) is 34.5 Å². The second kappa shape index (κ2) is 12.2. The zero-order valence-corrected chi connectivity index (χ0v) is 26.6. The third kappa shape index (κ3) is 5.13. The number of carbonyl (C=O) groups is 4. The monoisotopic (exact) mass is 602 g/mol. The molecule has 0 amide bonds. The normalized spacial score (nSPS) is 37.4. The molecular weight excluding hydrogens is 552 g/mol. The summed E-state index contributed by atoms with van der Waals surface area (Å²) >= 11 is 0. The Morgan fingerprint density at radius 3 is 2.14 bits per heavy atom. The van der Waals surface area contributed by atoms with Crippen LogP contribution in [0, 0.1) is 29.1 Å². The van der Waals surface area contributed by atoms with Gasteiger partial charge in [0.05, 0.1) is 18.1 Å². The van der Waals surface area contributed by atoms with E-state index in [4.69, 9.17) is 9.47 Å². The van der Waals surface area contributed by atoms with Crippen molar-refractivity contribution in [2.45, 2.75) is 129 Å². The predicted molar refractivity (Wildman–Crippen MR) is 158 cm³/mol. The molecule has 0 spiro atoms. The van der Waals surface area contributed by atoms with Crippen LogP contribution < -0.4 is 0 Å². The molecule has 9 heteroatoms.